The van der Waals surface area contributed by atoms with Crippen LogP contribution in [-0.4, -0.2) is 32.1 Å². The van der Waals surface area contributed by atoms with Crippen molar-refractivity contribution in [3.8, 4) is 0 Å². The molecule has 0 amide bonds. The van der Waals surface area contributed by atoms with Gasteiger partial charge in [0, 0.05) is 6.04 Å². The summed E-state index contributed by atoms with van der Waals surface area (Å²) in [5.41, 5.74) is 3.05. The maximum atomic E-state index is 3.37. The lowest BCUT2D eigenvalue weighted by Crippen LogP contribution is -2.39. The van der Waals surface area contributed by atoms with Crippen molar-refractivity contribution in [2.24, 2.45) is 5.92 Å². The van der Waals surface area contributed by atoms with Gasteiger partial charge in [-0.15, -0.1) is 0 Å². The minimum absolute atomic E-state index is 0.592. The van der Waals surface area contributed by atoms with E-state index in [2.05, 4.69) is 48.6 Å². The zero-order valence-corrected chi connectivity index (χ0v) is 12.2. The molecule has 1 aliphatic heterocycles. The molecule has 1 saturated carbocycles. The minimum Gasteiger partial charge on any atom is -0.319 e. The van der Waals surface area contributed by atoms with E-state index < -0.39 is 0 Å². The maximum Gasteiger partial charge on any atom is 0.0385 e. The van der Waals surface area contributed by atoms with Crippen molar-refractivity contribution in [2.45, 2.75) is 37.6 Å². The molecule has 2 heteroatoms. The number of rotatable bonds is 4. The first kappa shape index (κ1) is 13.1. The molecule has 0 aromatic heterocycles. The second-order valence-electron chi connectivity index (χ2n) is 6.33. The SMILES string of the molecule is CNCC1CCCN(C)C1c1ccc(C2CC2)cc1. The van der Waals surface area contributed by atoms with Gasteiger partial charge in [0.25, 0.3) is 0 Å². The molecule has 1 aromatic rings. The molecule has 0 radical (unpaired) electrons. The summed E-state index contributed by atoms with van der Waals surface area (Å²) in [6.45, 7) is 2.36. The van der Waals surface area contributed by atoms with Crippen LogP contribution in [0.4, 0.5) is 0 Å². The van der Waals surface area contributed by atoms with E-state index in [9.17, 15) is 0 Å². The van der Waals surface area contributed by atoms with Gasteiger partial charge >= 0.3 is 0 Å². The third kappa shape index (κ3) is 2.85. The van der Waals surface area contributed by atoms with Crippen LogP contribution in [0.3, 0.4) is 0 Å². The van der Waals surface area contributed by atoms with Crippen LogP contribution in [0.2, 0.25) is 0 Å². The number of piperidine rings is 1. The summed E-state index contributed by atoms with van der Waals surface area (Å²) in [5, 5.41) is 3.37. The Morgan fingerprint density at radius 1 is 1.11 bits per heavy atom. The van der Waals surface area contributed by atoms with Crippen molar-refractivity contribution in [3.05, 3.63) is 35.4 Å². The highest BCUT2D eigenvalue weighted by molar-refractivity contribution is 5.30. The Morgan fingerprint density at radius 3 is 2.42 bits per heavy atom. The number of nitrogens with one attached hydrogen (secondary N) is 1. The lowest BCUT2D eigenvalue weighted by Gasteiger charge is -2.39. The standard InChI is InChI=1S/C17H26N2/c1-18-12-16-4-3-11-19(2)17(16)15-9-7-14(8-10-15)13-5-6-13/h7-10,13,16-18H,3-6,11-12H2,1-2H3. The van der Waals surface area contributed by atoms with E-state index in [1.807, 2.05) is 0 Å². The van der Waals surface area contributed by atoms with Gasteiger partial charge < -0.3 is 5.32 Å². The van der Waals surface area contributed by atoms with Gasteiger partial charge in [-0.2, -0.15) is 0 Å². The van der Waals surface area contributed by atoms with Gasteiger partial charge in [0.15, 0.2) is 0 Å². The summed E-state index contributed by atoms with van der Waals surface area (Å²) in [6, 6.07) is 10.1. The largest absolute Gasteiger partial charge is 0.319 e. The molecule has 2 nitrogen and oxygen atoms in total. The van der Waals surface area contributed by atoms with Crippen LogP contribution < -0.4 is 5.32 Å². The van der Waals surface area contributed by atoms with Crippen LogP contribution in [0.25, 0.3) is 0 Å². The molecule has 1 heterocycles. The van der Waals surface area contributed by atoms with Crippen LogP contribution in [0, 0.1) is 5.92 Å². The van der Waals surface area contributed by atoms with E-state index in [1.165, 1.54) is 37.8 Å². The molecule has 1 aromatic carbocycles. The van der Waals surface area contributed by atoms with E-state index in [4.69, 9.17) is 0 Å². The second-order valence-corrected chi connectivity index (χ2v) is 6.33. The van der Waals surface area contributed by atoms with Gasteiger partial charge in [-0.25, -0.2) is 0 Å². The normalized spacial score (nSPS) is 28.5. The van der Waals surface area contributed by atoms with Crippen molar-refractivity contribution in [2.75, 3.05) is 27.2 Å². The molecule has 3 rings (SSSR count). The van der Waals surface area contributed by atoms with Gasteiger partial charge in [-0.05, 0) is 75.8 Å². The summed E-state index contributed by atoms with van der Waals surface area (Å²) < 4.78 is 0. The molecule has 0 spiro atoms. The molecule has 1 saturated heterocycles. The van der Waals surface area contributed by atoms with E-state index in [1.54, 1.807) is 5.56 Å². The Hall–Kier alpha value is -0.860. The molecule has 1 N–H and O–H groups in total. The summed E-state index contributed by atoms with van der Waals surface area (Å²) >= 11 is 0. The fraction of sp³-hybridized carbons (Fsp3) is 0.647. The predicted molar refractivity (Wildman–Crippen MR) is 80.4 cm³/mol. The zero-order valence-electron chi connectivity index (χ0n) is 12.2. The highest BCUT2D eigenvalue weighted by Gasteiger charge is 2.30. The Bertz CT molecular complexity index is 406. The molecule has 0 bridgehead atoms. The lowest BCUT2D eigenvalue weighted by molar-refractivity contribution is 0.121. The lowest BCUT2D eigenvalue weighted by atomic mass is 9.84. The van der Waals surface area contributed by atoms with E-state index >= 15 is 0 Å². The first-order valence-electron chi connectivity index (χ1n) is 7.74. The van der Waals surface area contributed by atoms with Gasteiger partial charge in [-0.1, -0.05) is 24.3 Å². The second kappa shape index (κ2) is 5.64. The highest BCUT2D eigenvalue weighted by Crippen LogP contribution is 2.41. The molecule has 2 fully saturated rings. The Kier molecular flexibility index (Phi) is 3.90. The molecule has 1 aliphatic carbocycles. The third-order valence-electron chi connectivity index (χ3n) is 4.80. The van der Waals surface area contributed by atoms with E-state index in [0.29, 0.717) is 6.04 Å². The van der Waals surface area contributed by atoms with Crippen molar-refractivity contribution >= 4 is 0 Å². The van der Waals surface area contributed by atoms with Gasteiger partial charge in [0.2, 0.25) is 0 Å². The summed E-state index contributed by atoms with van der Waals surface area (Å²) in [6.07, 6.45) is 5.47. The molecule has 19 heavy (non-hydrogen) atoms. The smallest absolute Gasteiger partial charge is 0.0385 e. The predicted octanol–water partition coefficient (Wildman–Crippen LogP) is 3.17. The third-order valence-corrected chi connectivity index (χ3v) is 4.80. The number of benzene rings is 1. The number of likely N-dealkylation sites (tertiary alicyclic amines) is 1. The number of hydrogen-bond acceptors (Lipinski definition) is 2. The highest BCUT2D eigenvalue weighted by atomic mass is 15.1. The van der Waals surface area contributed by atoms with Gasteiger partial charge in [0.1, 0.15) is 0 Å². The van der Waals surface area contributed by atoms with Crippen molar-refractivity contribution in [3.63, 3.8) is 0 Å². The molecule has 104 valence electrons. The molecule has 2 atom stereocenters. The van der Waals surface area contributed by atoms with Crippen molar-refractivity contribution in [1.82, 2.24) is 10.2 Å². The van der Waals surface area contributed by atoms with Gasteiger partial charge in [-0.3, -0.25) is 4.90 Å². The maximum absolute atomic E-state index is 3.37. The van der Waals surface area contributed by atoms with Crippen LogP contribution in [-0.2, 0) is 0 Å². The Balaban J connectivity index is 1.79. The van der Waals surface area contributed by atoms with Gasteiger partial charge in [0.05, 0.1) is 0 Å². The molecule has 2 unspecified atom stereocenters. The Morgan fingerprint density at radius 2 is 1.79 bits per heavy atom. The van der Waals surface area contributed by atoms with Crippen LogP contribution in [0.1, 0.15) is 48.8 Å². The van der Waals surface area contributed by atoms with Crippen LogP contribution in [0.5, 0.6) is 0 Å². The summed E-state index contributed by atoms with van der Waals surface area (Å²) in [7, 11) is 4.35. The Labute approximate surface area is 117 Å². The van der Waals surface area contributed by atoms with Crippen LogP contribution in [0.15, 0.2) is 24.3 Å². The minimum atomic E-state index is 0.592. The van der Waals surface area contributed by atoms with E-state index in [0.717, 1.165) is 18.4 Å². The fourth-order valence-electron chi connectivity index (χ4n) is 3.64. The average Bonchev–Trinajstić information content (AvgIpc) is 3.24. The molecular weight excluding hydrogens is 232 g/mol. The van der Waals surface area contributed by atoms with Crippen LogP contribution >= 0.6 is 0 Å². The first-order valence-corrected chi connectivity index (χ1v) is 7.74. The van der Waals surface area contributed by atoms with E-state index in [-0.39, 0.29) is 0 Å². The molecule has 2 aliphatic rings. The fourth-order valence-corrected chi connectivity index (χ4v) is 3.64. The quantitative estimate of drug-likeness (QED) is 0.892. The average molecular weight is 258 g/mol. The summed E-state index contributed by atoms with van der Waals surface area (Å²) in [4.78, 5) is 2.54. The molecular formula is C17H26N2. The topological polar surface area (TPSA) is 15.3 Å². The monoisotopic (exact) mass is 258 g/mol. The number of nitrogens with zero attached hydrogens (tertiary/aromatic N) is 1. The van der Waals surface area contributed by atoms with Crippen molar-refractivity contribution in [1.29, 1.82) is 0 Å². The number of hydrogen-bond donors (Lipinski definition) is 1. The summed E-state index contributed by atoms with van der Waals surface area (Å²) in [5.74, 6) is 1.61. The van der Waals surface area contributed by atoms with Crippen molar-refractivity contribution < 1.29 is 0 Å². The zero-order chi connectivity index (χ0) is 13.2. The first-order chi connectivity index (χ1) is 9.29.